The fourth-order valence-corrected chi connectivity index (χ4v) is 4.47. The standard InChI is InChI=1S/C31H35N7O7/c32-31(37-38(44)45)33-17-7-12-25(36-30(43)28(23-8-3-1-4-9-23)24-10-5-2-6-11-24)29(42)35-19-22-15-13-21(14-16-22)18-26(39)34-20-27(40)41/h1-6,8-11,13-16,25,28H,7,12,17-20H2,(H,34,39)(H,35,42)(H,36,43)(H,40,41)(H3,32,33,37)/t25-/m0/s1. The van der Waals surface area contributed by atoms with Crippen LogP contribution in [-0.2, 0) is 32.1 Å². The van der Waals surface area contributed by atoms with Crippen LogP contribution in [0.4, 0.5) is 0 Å². The topological polar surface area (TPSA) is 218 Å². The molecule has 0 heterocycles. The third-order valence-electron chi connectivity index (χ3n) is 6.62. The molecule has 0 saturated carbocycles. The first kappa shape index (κ1) is 33.7. The Labute approximate surface area is 259 Å². The first-order valence-electron chi connectivity index (χ1n) is 14.1. The fourth-order valence-electron chi connectivity index (χ4n) is 4.47. The van der Waals surface area contributed by atoms with Gasteiger partial charge in [0.25, 0.3) is 5.96 Å². The highest BCUT2D eigenvalue weighted by molar-refractivity contribution is 5.92. The molecule has 0 aliphatic carbocycles. The van der Waals surface area contributed by atoms with Crippen molar-refractivity contribution in [3.63, 3.8) is 0 Å². The van der Waals surface area contributed by atoms with Crippen molar-refractivity contribution in [3.05, 3.63) is 117 Å². The second kappa shape index (κ2) is 17.4. The van der Waals surface area contributed by atoms with Gasteiger partial charge in [-0.1, -0.05) is 84.9 Å². The maximum absolute atomic E-state index is 13.7. The summed E-state index contributed by atoms with van der Waals surface area (Å²) in [5.41, 5.74) is 8.39. The van der Waals surface area contributed by atoms with Crippen LogP contribution in [0.15, 0.2) is 90.0 Å². The summed E-state index contributed by atoms with van der Waals surface area (Å²) in [4.78, 5) is 60.1. The van der Waals surface area contributed by atoms with Gasteiger partial charge in [0.15, 0.2) is 5.03 Å². The second-order valence-corrected chi connectivity index (χ2v) is 9.99. The van der Waals surface area contributed by atoms with Crippen LogP contribution in [0, 0.1) is 10.1 Å². The zero-order chi connectivity index (χ0) is 32.6. The summed E-state index contributed by atoms with van der Waals surface area (Å²) in [6.45, 7) is -0.155. The molecule has 0 bridgehead atoms. The van der Waals surface area contributed by atoms with Crippen LogP contribution in [0.3, 0.4) is 0 Å². The van der Waals surface area contributed by atoms with Crippen LogP contribution in [0.2, 0.25) is 0 Å². The van der Waals surface area contributed by atoms with E-state index in [9.17, 15) is 29.3 Å². The van der Waals surface area contributed by atoms with Crippen molar-refractivity contribution in [1.82, 2.24) is 21.3 Å². The van der Waals surface area contributed by atoms with E-state index in [2.05, 4.69) is 26.4 Å². The molecule has 3 aromatic carbocycles. The summed E-state index contributed by atoms with van der Waals surface area (Å²) in [5.74, 6) is -3.43. The van der Waals surface area contributed by atoms with Gasteiger partial charge in [0.2, 0.25) is 17.7 Å². The Morgan fingerprint density at radius 1 is 0.822 bits per heavy atom. The van der Waals surface area contributed by atoms with Crippen LogP contribution in [0.5, 0.6) is 0 Å². The molecule has 3 amide bonds. The molecule has 7 N–H and O–H groups in total. The maximum Gasteiger partial charge on any atom is 0.322 e. The lowest BCUT2D eigenvalue weighted by Gasteiger charge is -2.23. The van der Waals surface area contributed by atoms with E-state index in [1.165, 1.54) is 0 Å². The number of rotatable bonds is 16. The van der Waals surface area contributed by atoms with Gasteiger partial charge >= 0.3 is 5.97 Å². The summed E-state index contributed by atoms with van der Waals surface area (Å²) in [5, 5.41) is 31.9. The second-order valence-electron chi connectivity index (χ2n) is 9.99. The molecule has 236 valence electrons. The molecule has 0 fully saturated rings. The number of hydrogen-bond donors (Lipinski definition) is 6. The molecule has 0 aliphatic heterocycles. The van der Waals surface area contributed by atoms with E-state index >= 15 is 0 Å². The van der Waals surface area contributed by atoms with Gasteiger partial charge in [0.05, 0.1) is 12.3 Å². The molecular weight excluding hydrogens is 582 g/mol. The molecule has 0 aromatic heterocycles. The Morgan fingerprint density at radius 3 is 1.96 bits per heavy atom. The van der Waals surface area contributed by atoms with Crippen LogP contribution in [0.1, 0.15) is 41.0 Å². The van der Waals surface area contributed by atoms with Gasteiger partial charge in [-0.05, 0) is 35.1 Å². The summed E-state index contributed by atoms with van der Waals surface area (Å²) in [6, 6.07) is 24.3. The summed E-state index contributed by atoms with van der Waals surface area (Å²) in [6.07, 6.45) is 0.520. The minimum absolute atomic E-state index is 0.00292. The molecule has 45 heavy (non-hydrogen) atoms. The van der Waals surface area contributed by atoms with Gasteiger partial charge in [-0.3, -0.25) is 19.2 Å². The number of carboxylic acid groups (broad SMARTS) is 1. The molecule has 1 atom stereocenters. The van der Waals surface area contributed by atoms with E-state index in [-0.39, 0.29) is 37.8 Å². The van der Waals surface area contributed by atoms with E-state index in [1.54, 1.807) is 24.3 Å². The van der Waals surface area contributed by atoms with Gasteiger partial charge in [-0.15, -0.1) is 0 Å². The number of aliphatic carboxylic acids is 1. The number of benzene rings is 3. The zero-order valence-corrected chi connectivity index (χ0v) is 24.3. The Kier molecular flexibility index (Phi) is 13.0. The van der Waals surface area contributed by atoms with Gasteiger partial charge < -0.3 is 32.1 Å². The predicted octanol–water partition coefficient (Wildman–Crippen LogP) is 1.24. The summed E-state index contributed by atoms with van der Waals surface area (Å²) in [7, 11) is 0. The first-order chi connectivity index (χ1) is 21.6. The number of nitrogens with zero attached hydrogens (tertiary/aromatic N) is 2. The molecule has 0 unspecified atom stereocenters. The number of carbonyl (C=O) groups is 4. The molecule has 0 spiro atoms. The number of guanidine groups is 1. The Balaban J connectivity index is 1.69. The summed E-state index contributed by atoms with van der Waals surface area (Å²) >= 11 is 0. The first-order valence-corrected chi connectivity index (χ1v) is 14.1. The number of hydrazone groups is 1. The number of nitrogens with two attached hydrogens (primary N) is 1. The van der Waals surface area contributed by atoms with E-state index in [0.717, 1.165) is 16.7 Å². The normalized spacial score (nSPS) is 11.7. The maximum atomic E-state index is 13.7. The minimum atomic E-state index is -1.14. The van der Waals surface area contributed by atoms with Crippen molar-refractivity contribution >= 4 is 29.7 Å². The van der Waals surface area contributed by atoms with Gasteiger partial charge in [0.1, 0.15) is 17.7 Å². The van der Waals surface area contributed by atoms with E-state index in [0.29, 0.717) is 12.0 Å². The Bertz CT molecular complexity index is 1440. The lowest BCUT2D eigenvalue weighted by Crippen LogP contribution is -2.48. The van der Waals surface area contributed by atoms with Crippen LogP contribution in [0.25, 0.3) is 0 Å². The Hall–Kier alpha value is -5.79. The van der Waals surface area contributed by atoms with E-state index in [1.807, 2.05) is 60.7 Å². The van der Waals surface area contributed by atoms with Crippen LogP contribution in [-0.4, -0.2) is 58.9 Å². The van der Waals surface area contributed by atoms with Gasteiger partial charge in [0, 0.05) is 13.1 Å². The van der Waals surface area contributed by atoms with Gasteiger partial charge in [-0.2, -0.15) is 0 Å². The zero-order valence-electron chi connectivity index (χ0n) is 24.3. The molecular formula is C31H35N7O7. The number of hydrogen-bond acceptors (Lipinski definition) is 6. The molecule has 0 aliphatic rings. The smallest absolute Gasteiger partial charge is 0.322 e. The van der Waals surface area contributed by atoms with Crippen LogP contribution >= 0.6 is 0 Å². The highest BCUT2D eigenvalue weighted by atomic mass is 16.7. The number of nitrogens with one attached hydrogen (secondary N) is 4. The van der Waals surface area contributed by atoms with Crippen molar-refractivity contribution in [1.29, 1.82) is 0 Å². The fraction of sp³-hybridized carbons (Fsp3) is 0.258. The average molecular weight is 618 g/mol. The largest absolute Gasteiger partial charge is 0.480 e. The molecule has 14 heteroatoms. The lowest BCUT2D eigenvalue weighted by molar-refractivity contribution is -0.485. The lowest BCUT2D eigenvalue weighted by atomic mass is 9.90. The molecule has 14 nitrogen and oxygen atoms in total. The van der Waals surface area contributed by atoms with Crippen molar-refractivity contribution in [3.8, 4) is 0 Å². The minimum Gasteiger partial charge on any atom is -0.480 e. The summed E-state index contributed by atoms with van der Waals surface area (Å²) < 4.78 is 0. The average Bonchev–Trinajstić information content (AvgIpc) is 3.02. The molecule has 3 aromatic rings. The monoisotopic (exact) mass is 617 g/mol. The third-order valence-corrected chi connectivity index (χ3v) is 6.62. The number of nitro groups is 1. The van der Waals surface area contributed by atoms with Crippen molar-refractivity contribution in [2.75, 3.05) is 13.1 Å². The predicted molar refractivity (Wildman–Crippen MR) is 165 cm³/mol. The highest BCUT2D eigenvalue weighted by Crippen LogP contribution is 2.25. The van der Waals surface area contributed by atoms with Gasteiger partial charge in [-0.25, -0.2) is 10.1 Å². The highest BCUT2D eigenvalue weighted by Gasteiger charge is 2.27. The molecule has 0 radical (unpaired) electrons. The van der Waals surface area contributed by atoms with E-state index in [4.69, 9.17) is 10.8 Å². The SMILES string of the molecule is NC(=N[N+](=O)[O-])NCCC[C@H](NC(=O)C(c1ccccc1)c1ccccc1)C(=O)NCc1ccc(CC(=O)NCC(=O)O)cc1. The number of carboxylic acids is 1. The Morgan fingerprint density at radius 2 is 1.40 bits per heavy atom. The number of carbonyl (C=O) groups excluding carboxylic acids is 3. The van der Waals surface area contributed by atoms with Crippen molar-refractivity contribution < 1.29 is 29.3 Å². The van der Waals surface area contributed by atoms with Crippen LogP contribution < -0.4 is 27.0 Å². The van der Waals surface area contributed by atoms with E-state index < -0.39 is 41.3 Å². The third kappa shape index (κ3) is 11.8. The van der Waals surface area contributed by atoms with Crippen molar-refractivity contribution in [2.24, 2.45) is 10.8 Å². The van der Waals surface area contributed by atoms with Crippen molar-refractivity contribution in [2.45, 2.75) is 37.8 Å². The quantitative estimate of drug-likeness (QED) is 0.0447. The number of amides is 3. The molecule has 3 rings (SSSR count). The molecule has 0 saturated heterocycles.